The van der Waals surface area contributed by atoms with Gasteiger partial charge in [-0.05, 0) is 63.4 Å². The molecule has 0 saturated heterocycles. The lowest BCUT2D eigenvalue weighted by Crippen LogP contribution is -2.50. The molecule has 2 rings (SSSR count). The predicted octanol–water partition coefficient (Wildman–Crippen LogP) is 4.67. The van der Waals surface area contributed by atoms with Crippen LogP contribution in [0.5, 0.6) is 5.75 Å². The van der Waals surface area contributed by atoms with Gasteiger partial charge in [-0.15, -0.1) is 0 Å². The lowest BCUT2D eigenvalue weighted by atomic mass is 10.1. The van der Waals surface area contributed by atoms with Crippen LogP contribution in [0.25, 0.3) is 0 Å². The molecule has 0 aliphatic carbocycles. The van der Waals surface area contributed by atoms with Crippen molar-refractivity contribution in [1.29, 1.82) is 0 Å². The largest absolute Gasteiger partial charge is 0.483 e. The molecule has 0 heterocycles. The number of nitrogens with one attached hydrogen (secondary N) is 1. The standard InChI is InChI=1S/C24H31ClN2O3/c1-6-18(4)26-24(29)19(5)27(14-20-8-10-21(25)11-9-20)23(28)15-30-22-12-7-16(2)13-17(22)3/h7-13,18-19H,6,14-15H2,1-5H3,(H,26,29)/t18-,19-/m1/s1. The second-order valence-corrected chi connectivity index (χ2v) is 8.14. The van der Waals surface area contributed by atoms with Crippen LogP contribution in [0.4, 0.5) is 0 Å². The van der Waals surface area contributed by atoms with Crippen LogP contribution in [-0.2, 0) is 16.1 Å². The maximum absolute atomic E-state index is 13.1. The van der Waals surface area contributed by atoms with Crippen molar-refractivity contribution in [3.63, 3.8) is 0 Å². The lowest BCUT2D eigenvalue weighted by Gasteiger charge is -2.29. The number of nitrogens with zero attached hydrogens (tertiary/aromatic N) is 1. The molecule has 0 radical (unpaired) electrons. The van der Waals surface area contributed by atoms with Crippen molar-refractivity contribution in [2.24, 2.45) is 0 Å². The third kappa shape index (κ3) is 6.77. The molecule has 0 spiro atoms. The second kappa shape index (κ2) is 11.0. The highest BCUT2D eigenvalue weighted by Gasteiger charge is 2.27. The number of benzene rings is 2. The minimum Gasteiger partial charge on any atom is -0.483 e. The zero-order valence-electron chi connectivity index (χ0n) is 18.4. The number of carbonyl (C=O) groups is 2. The van der Waals surface area contributed by atoms with Crippen molar-refractivity contribution in [1.82, 2.24) is 10.2 Å². The first-order valence-corrected chi connectivity index (χ1v) is 10.6. The minimum absolute atomic E-state index is 0.0406. The van der Waals surface area contributed by atoms with Crippen LogP contribution < -0.4 is 10.1 Å². The molecule has 162 valence electrons. The number of hydrogen-bond acceptors (Lipinski definition) is 3. The van der Waals surface area contributed by atoms with Crippen molar-refractivity contribution >= 4 is 23.4 Å². The number of carbonyl (C=O) groups excluding carboxylic acids is 2. The summed E-state index contributed by atoms with van der Waals surface area (Å²) in [5, 5.41) is 3.58. The summed E-state index contributed by atoms with van der Waals surface area (Å²) in [7, 11) is 0. The Hall–Kier alpha value is -2.53. The van der Waals surface area contributed by atoms with Crippen LogP contribution in [0, 0.1) is 13.8 Å². The molecule has 6 heteroatoms. The van der Waals surface area contributed by atoms with Gasteiger partial charge in [0.2, 0.25) is 5.91 Å². The Kier molecular flexibility index (Phi) is 8.72. The number of halogens is 1. The first-order chi connectivity index (χ1) is 14.2. The van der Waals surface area contributed by atoms with Gasteiger partial charge < -0.3 is 15.0 Å². The predicted molar refractivity (Wildman–Crippen MR) is 121 cm³/mol. The summed E-state index contributed by atoms with van der Waals surface area (Å²) >= 11 is 5.98. The van der Waals surface area contributed by atoms with Crippen molar-refractivity contribution in [2.75, 3.05) is 6.61 Å². The molecule has 0 aliphatic heterocycles. The van der Waals surface area contributed by atoms with E-state index in [1.807, 2.05) is 58.0 Å². The van der Waals surface area contributed by atoms with Gasteiger partial charge in [0.05, 0.1) is 0 Å². The van der Waals surface area contributed by atoms with Crippen molar-refractivity contribution in [2.45, 2.75) is 59.7 Å². The Morgan fingerprint density at radius 3 is 2.37 bits per heavy atom. The van der Waals surface area contributed by atoms with Gasteiger partial charge in [-0.1, -0.05) is 48.4 Å². The highest BCUT2D eigenvalue weighted by Crippen LogP contribution is 2.19. The Morgan fingerprint density at radius 1 is 1.10 bits per heavy atom. The molecule has 0 saturated carbocycles. The van der Waals surface area contributed by atoms with E-state index in [1.165, 1.54) is 0 Å². The third-order valence-electron chi connectivity index (χ3n) is 5.12. The summed E-state index contributed by atoms with van der Waals surface area (Å²) in [4.78, 5) is 27.3. The smallest absolute Gasteiger partial charge is 0.261 e. The van der Waals surface area contributed by atoms with Gasteiger partial charge >= 0.3 is 0 Å². The van der Waals surface area contributed by atoms with Gasteiger partial charge in [0, 0.05) is 17.6 Å². The van der Waals surface area contributed by atoms with E-state index >= 15 is 0 Å². The highest BCUT2D eigenvalue weighted by atomic mass is 35.5. The molecule has 1 N–H and O–H groups in total. The third-order valence-corrected chi connectivity index (χ3v) is 5.37. The molecule has 30 heavy (non-hydrogen) atoms. The van der Waals surface area contributed by atoms with Gasteiger partial charge in [-0.3, -0.25) is 9.59 Å². The Bertz CT molecular complexity index is 867. The molecule has 2 amide bonds. The summed E-state index contributed by atoms with van der Waals surface area (Å²) in [5.41, 5.74) is 2.99. The average Bonchev–Trinajstić information content (AvgIpc) is 2.71. The van der Waals surface area contributed by atoms with Crippen LogP contribution in [0.3, 0.4) is 0 Å². The zero-order valence-corrected chi connectivity index (χ0v) is 19.1. The van der Waals surface area contributed by atoms with E-state index in [0.717, 1.165) is 23.1 Å². The fourth-order valence-corrected chi connectivity index (χ4v) is 3.14. The Balaban J connectivity index is 2.16. The van der Waals surface area contributed by atoms with Gasteiger partial charge in [-0.25, -0.2) is 0 Å². The molecule has 0 unspecified atom stereocenters. The topological polar surface area (TPSA) is 58.6 Å². The second-order valence-electron chi connectivity index (χ2n) is 7.70. The van der Waals surface area contributed by atoms with E-state index in [0.29, 0.717) is 17.3 Å². The first kappa shape index (κ1) is 23.7. The molecule has 2 aromatic carbocycles. The summed E-state index contributed by atoms with van der Waals surface area (Å²) in [6, 6.07) is 12.5. The SMILES string of the molecule is CC[C@@H](C)NC(=O)[C@@H](C)N(Cc1ccc(Cl)cc1)C(=O)COc1ccc(C)cc1C. The summed E-state index contributed by atoms with van der Waals surface area (Å²) in [6.45, 7) is 9.79. The quantitative estimate of drug-likeness (QED) is 0.629. The number of hydrogen-bond donors (Lipinski definition) is 1. The van der Waals surface area contributed by atoms with Crippen LogP contribution in [-0.4, -0.2) is 35.4 Å². The van der Waals surface area contributed by atoms with E-state index in [4.69, 9.17) is 16.3 Å². The molecular formula is C24H31ClN2O3. The molecule has 5 nitrogen and oxygen atoms in total. The van der Waals surface area contributed by atoms with Gasteiger partial charge in [0.15, 0.2) is 6.61 Å². The molecular weight excluding hydrogens is 400 g/mol. The molecule has 2 atom stereocenters. The molecule has 0 aromatic heterocycles. The van der Waals surface area contributed by atoms with E-state index in [9.17, 15) is 9.59 Å². The maximum Gasteiger partial charge on any atom is 0.261 e. The summed E-state index contributed by atoms with van der Waals surface area (Å²) in [6.07, 6.45) is 0.819. The average molecular weight is 431 g/mol. The van der Waals surface area contributed by atoms with Crippen molar-refractivity contribution in [3.8, 4) is 5.75 Å². The van der Waals surface area contributed by atoms with Gasteiger partial charge in [0.1, 0.15) is 11.8 Å². The summed E-state index contributed by atoms with van der Waals surface area (Å²) < 4.78 is 5.78. The highest BCUT2D eigenvalue weighted by molar-refractivity contribution is 6.30. The fourth-order valence-electron chi connectivity index (χ4n) is 3.02. The Morgan fingerprint density at radius 2 is 1.77 bits per heavy atom. The van der Waals surface area contributed by atoms with Gasteiger partial charge in [-0.2, -0.15) is 0 Å². The maximum atomic E-state index is 13.1. The molecule has 2 aromatic rings. The normalized spacial score (nSPS) is 12.7. The molecule has 0 bridgehead atoms. The van der Waals surface area contributed by atoms with Crippen LogP contribution in [0.1, 0.15) is 43.9 Å². The number of aryl methyl sites for hydroxylation is 2. The lowest BCUT2D eigenvalue weighted by molar-refractivity contribution is -0.142. The van der Waals surface area contributed by atoms with Crippen molar-refractivity contribution < 1.29 is 14.3 Å². The molecule has 0 aliphatic rings. The minimum atomic E-state index is -0.634. The van der Waals surface area contributed by atoms with Crippen LogP contribution in [0.2, 0.25) is 5.02 Å². The first-order valence-electron chi connectivity index (χ1n) is 10.3. The zero-order chi connectivity index (χ0) is 22.3. The van der Waals surface area contributed by atoms with Crippen LogP contribution >= 0.6 is 11.6 Å². The van der Waals surface area contributed by atoms with Gasteiger partial charge in [0.25, 0.3) is 5.91 Å². The number of amides is 2. The van der Waals surface area contributed by atoms with E-state index < -0.39 is 6.04 Å². The summed E-state index contributed by atoms with van der Waals surface area (Å²) in [5.74, 6) is 0.229. The van der Waals surface area contributed by atoms with Crippen molar-refractivity contribution in [3.05, 3.63) is 64.2 Å². The molecule has 0 fully saturated rings. The Labute approximate surface area is 184 Å². The fraction of sp³-hybridized carbons (Fsp3) is 0.417. The number of rotatable bonds is 9. The number of ether oxygens (including phenoxy) is 1. The van der Waals surface area contributed by atoms with E-state index in [-0.39, 0.29) is 24.5 Å². The van der Waals surface area contributed by atoms with Crippen LogP contribution in [0.15, 0.2) is 42.5 Å². The van der Waals surface area contributed by atoms with E-state index in [1.54, 1.807) is 24.0 Å². The van der Waals surface area contributed by atoms with E-state index in [2.05, 4.69) is 5.32 Å². The monoisotopic (exact) mass is 430 g/mol.